The summed E-state index contributed by atoms with van der Waals surface area (Å²) >= 11 is 0. The summed E-state index contributed by atoms with van der Waals surface area (Å²) in [5.41, 5.74) is -0.516. The van der Waals surface area contributed by atoms with Crippen LogP contribution in [0, 0.1) is 17.8 Å². The SMILES string of the molecule is CC(C)OCCCNC(=O)CN1C(=O)C(=O)N(C23CC4CC(CC(C4)C2)C3)C1=O. The summed E-state index contributed by atoms with van der Waals surface area (Å²) in [6.45, 7) is 4.40. The monoisotopic (exact) mass is 405 g/mol. The Kier molecular flexibility index (Phi) is 5.40. The lowest BCUT2D eigenvalue weighted by atomic mass is 9.52. The van der Waals surface area contributed by atoms with Gasteiger partial charge in [-0.1, -0.05) is 0 Å². The molecule has 0 aromatic rings. The highest BCUT2D eigenvalue weighted by atomic mass is 16.5. The molecule has 5 amide bonds. The predicted octanol–water partition coefficient (Wildman–Crippen LogP) is 1.68. The van der Waals surface area contributed by atoms with Crippen molar-refractivity contribution in [3.8, 4) is 0 Å². The van der Waals surface area contributed by atoms with Gasteiger partial charge >= 0.3 is 17.8 Å². The fourth-order valence-electron chi connectivity index (χ4n) is 6.22. The zero-order valence-corrected chi connectivity index (χ0v) is 17.3. The van der Waals surface area contributed by atoms with E-state index < -0.39 is 35.8 Å². The van der Waals surface area contributed by atoms with Crippen LogP contribution in [0.2, 0.25) is 0 Å². The molecule has 8 heteroatoms. The summed E-state index contributed by atoms with van der Waals surface area (Å²) in [4.78, 5) is 52.6. The number of carbonyl (C=O) groups is 4. The van der Waals surface area contributed by atoms with Crippen LogP contribution in [0.25, 0.3) is 0 Å². The summed E-state index contributed by atoms with van der Waals surface area (Å²) in [5, 5.41) is 2.69. The highest BCUT2D eigenvalue weighted by Crippen LogP contribution is 2.58. The molecular weight excluding hydrogens is 374 g/mol. The molecule has 5 rings (SSSR count). The van der Waals surface area contributed by atoms with E-state index in [2.05, 4.69) is 5.32 Å². The van der Waals surface area contributed by atoms with E-state index in [-0.39, 0.29) is 6.10 Å². The van der Waals surface area contributed by atoms with Crippen molar-refractivity contribution >= 4 is 23.8 Å². The van der Waals surface area contributed by atoms with Crippen molar-refractivity contribution < 1.29 is 23.9 Å². The van der Waals surface area contributed by atoms with Gasteiger partial charge in [0.05, 0.1) is 11.6 Å². The number of hydrogen-bond donors (Lipinski definition) is 1. The lowest BCUT2D eigenvalue weighted by Gasteiger charge is -2.58. The lowest BCUT2D eigenvalue weighted by molar-refractivity contribution is -0.150. The Balaban J connectivity index is 1.37. The van der Waals surface area contributed by atoms with Crippen molar-refractivity contribution in [3.63, 3.8) is 0 Å². The third-order valence-corrected chi connectivity index (χ3v) is 6.93. The van der Waals surface area contributed by atoms with Crippen LogP contribution in [0.4, 0.5) is 4.79 Å². The first kappa shape index (κ1) is 20.3. The van der Waals surface area contributed by atoms with Gasteiger partial charge in [-0.05, 0) is 76.5 Å². The molecule has 0 atom stereocenters. The molecule has 1 heterocycles. The van der Waals surface area contributed by atoms with E-state index in [1.165, 1.54) is 24.2 Å². The number of ether oxygens (including phenoxy) is 1. The van der Waals surface area contributed by atoms with E-state index in [1.54, 1.807) is 0 Å². The van der Waals surface area contributed by atoms with Gasteiger partial charge in [-0.2, -0.15) is 0 Å². The number of nitrogens with zero attached hydrogens (tertiary/aromatic N) is 2. The van der Waals surface area contributed by atoms with E-state index in [0.717, 1.165) is 24.2 Å². The van der Waals surface area contributed by atoms with Gasteiger partial charge in [-0.15, -0.1) is 0 Å². The Morgan fingerprint density at radius 1 is 1.07 bits per heavy atom. The molecule has 0 radical (unpaired) electrons. The quantitative estimate of drug-likeness (QED) is 0.377. The van der Waals surface area contributed by atoms with Gasteiger partial charge in [0.15, 0.2) is 0 Å². The molecule has 0 unspecified atom stereocenters. The van der Waals surface area contributed by atoms with Gasteiger partial charge in [0.25, 0.3) is 0 Å². The Bertz CT molecular complexity index is 684. The average Bonchev–Trinajstić information content (AvgIpc) is 2.84. The minimum atomic E-state index is -0.871. The number of hydrogen-bond acceptors (Lipinski definition) is 5. The van der Waals surface area contributed by atoms with Gasteiger partial charge in [-0.3, -0.25) is 14.4 Å². The van der Waals surface area contributed by atoms with E-state index in [9.17, 15) is 19.2 Å². The smallest absolute Gasteiger partial charge is 0.335 e. The van der Waals surface area contributed by atoms with Gasteiger partial charge in [0, 0.05) is 13.2 Å². The number of urea groups is 1. The molecule has 8 nitrogen and oxygen atoms in total. The summed E-state index contributed by atoms with van der Waals surface area (Å²) in [6, 6.07) is -0.611. The highest BCUT2D eigenvalue weighted by Gasteiger charge is 2.61. The van der Waals surface area contributed by atoms with Crippen molar-refractivity contribution in [2.75, 3.05) is 19.7 Å². The van der Waals surface area contributed by atoms with E-state index >= 15 is 0 Å². The van der Waals surface area contributed by atoms with Crippen LogP contribution in [0.5, 0.6) is 0 Å². The van der Waals surface area contributed by atoms with Gasteiger partial charge in [0.1, 0.15) is 6.54 Å². The Morgan fingerprint density at radius 2 is 1.66 bits per heavy atom. The summed E-state index contributed by atoms with van der Waals surface area (Å²) < 4.78 is 5.41. The predicted molar refractivity (Wildman–Crippen MR) is 104 cm³/mol. The van der Waals surface area contributed by atoms with Crippen LogP contribution in [-0.2, 0) is 19.1 Å². The van der Waals surface area contributed by atoms with Crippen molar-refractivity contribution in [2.45, 2.75) is 70.4 Å². The van der Waals surface area contributed by atoms with Gasteiger partial charge < -0.3 is 10.1 Å². The van der Waals surface area contributed by atoms with Crippen LogP contribution < -0.4 is 5.32 Å². The first-order chi connectivity index (χ1) is 13.8. The molecule has 0 spiro atoms. The Labute approximate surface area is 171 Å². The molecule has 29 heavy (non-hydrogen) atoms. The molecule has 4 aliphatic carbocycles. The van der Waals surface area contributed by atoms with Gasteiger partial charge in [-0.25, -0.2) is 14.6 Å². The second kappa shape index (κ2) is 7.70. The number of carbonyl (C=O) groups excluding carboxylic acids is 4. The minimum absolute atomic E-state index is 0.132. The molecule has 1 N–H and O–H groups in total. The van der Waals surface area contributed by atoms with Crippen LogP contribution in [0.1, 0.15) is 58.8 Å². The minimum Gasteiger partial charge on any atom is -0.379 e. The topological polar surface area (TPSA) is 96.0 Å². The summed E-state index contributed by atoms with van der Waals surface area (Å²) in [6.07, 6.45) is 6.72. The molecular formula is C21H31N3O5. The second-order valence-corrected chi connectivity index (χ2v) is 9.58. The Hall–Kier alpha value is -1.96. The maximum atomic E-state index is 13.0. The fraction of sp³-hybridized carbons (Fsp3) is 0.810. The molecule has 160 valence electrons. The molecule has 5 aliphatic rings. The molecule has 0 aromatic carbocycles. The average molecular weight is 405 g/mol. The molecule has 1 aliphatic heterocycles. The summed E-state index contributed by atoms with van der Waals surface area (Å²) in [5.74, 6) is -0.428. The second-order valence-electron chi connectivity index (χ2n) is 9.58. The van der Waals surface area contributed by atoms with Crippen molar-refractivity contribution in [2.24, 2.45) is 17.8 Å². The number of imide groups is 2. The molecule has 0 aromatic heterocycles. The third-order valence-electron chi connectivity index (χ3n) is 6.93. The zero-order valence-electron chi connectivity index (χ0n) is 17.3. The molecule has 5 fully saturated rings. The molecule has 4 bridgehead atoms. The normalized spacial score (nSPS) is 33.3. The maximum absolute atomic E-state index is 13.0. The number of amides is 5. The number of rotatable bonds is 8. The lowest BCUT2D eigenvalue weighted by Crippen LogP contribution is -2.62. The first-order valence-corrected chi connectivity index (χ1v) is 10.9. The van der Waals surface area contributed by atoms with Gasteiger partial charge in [0.2, 0.25) is 5.91 Å². The fourth-order valence-corrected chi connectivity index (χ4v) is 6.22. The van der Waals surface area contributed by atoms with Crippen LogP contribution >= 0.6 is 0 Å². The highest BCUT2D eigenvalue weighted by molar-refractivity contribution is 6.45. The molecule has 1 saturated heterocycles. The van der Waals surface area contributed by atoms with Crippen molar-refractivity contribution in [3.05, 3.63) is 0 Å². The van der Waals surface area contributed by atoms with E-state index in [1.807, 2.05) is 13.8 Å². The summed E-state index contributed by atoms with van der Waals surface area (Å²) in [7, 11) is 0. The van der Waals surface area contributed by atoms with Crippen LogP contribution in [-0.4, -0.2) is 64.9 Å². The van der Waals surface area contributed by atoms with E-state index in [0.29, 0.717) is 37.3 Å². The van der Waals surface area contributed by atoms with Crippen LogP contribution in [0.15, 0.2) is 0 Å². The largest absolute Gasteiger partial charge is 0.379 e. The first-order valence-electron chi connectivity index (χ1n) is 10.9. The van der Waals surface area contributed by atoms with Crippen LogP contribution in [0.3, 0.4) is 0 Å². The number of nitrogens with one attached hydrogen (secondary N) is 1. The van der Waals surface area contributed by atoms with E-state index in [4.69, 9.17) is 4.74 Å². The standard InChI is InChI=1S/C21H31N3O5/c1-13(2)29-5-3-4-22-17(25)12-23-18(26)19(27)24(20(23)28)21-9-14-6-15(10-21)8-16(7-14)11-21/h13-16H,3-12H2,1-2H3,(H,22,25). The Morgan fingerprint density at radius 3 is 2.21 bits per heavy atom. The molecule has 4 saturated carbocycles. The third kappa shape index (κ3) is 3.79. The van der Waals surface area contributed by atoms with Crippen molar-refractivity contribution in [1.82, 2.24) is 15.1 Å². The van der Waals surface area contributed by atoms with Crippen molar-refractivity contribution in [1.29, 1.82) is 0 Å². The zero-order chi connectivity index (χ0) is 20.8. The maximum Gasteiger partial charge on any atom is 0.335 e.